The highest BCUT2D eigenvalue weighted by atomic mass is 35.5. The normalized spacial score (nSPS) is 19.6. The number of halogens is 1. The lowest BCUT2D eigenvalue weighted by molar-refractivity contribution is 0.100. The standard InChI is InChI=1S/C12H16ClN3O/c13-11-5-9(1-2-10(11)12(15)17)16-4-3-8(6-14)7-16/h1-2,5,8H,3-4,6-7,14H2,(H2,15,17). The van der Waals surface area contributed by atoms with Crippen LogP contribution in [0.15, 0.2) is 18.2 Å². The van der Waals surface area contributed by atoms with Gasteiger partial charge in [-0.1, -0.05) is 11.6 Å². The summed E-state index contributed by atoms with van der Waals surface area (Å²) in [6.45, 7) is 2.64. The topological polar surface area (TPSA) is 72.3 Å². The Hall–Kier alpha value is -1.26. The molecule has 1 fully saturated rings. The zero-order chi connectivity index (χ0) is 12.4. The summed E-state index contributed by atoms with van der Waals surface area (Å²) >= 11 is 6.02. The molecular formula is C12H16ClN3O. The average Bonchev–Trinajstić information content (AvgIpc) is 2.76. The van der Waals surface area contributed by atoms with Crippen molar-refractivity contribution in [3.8, 4) is 0 Å². The predicted octanol–water partition coefficient (Wildman–Crippen LogP) is 1.22. The minimum absolute atomic E-state index is 0.366. The van der Waals surface area contributed by atoms with Crippen molar-refractivity contribution in [2.45, 2.75) is 6.42 Å². The lowest BCUT2D eigenvalue weighted by Gasteiger charge is -2.19. The molecule has 1 saturated heterocycles. The minimum atomic E-state index is -0.497. The van der Waals surface area contributed by atoms with Gasteiger partial charge in [-0.25, -0.2) is 0 Å². The largest absolute Gasteiger partial charge is 0.371 e. The summed E-state index contributed by atoms with van der Waals surface area (Å²) in [4.78, 5) is 13.3. The van der Waals surface area contributed by atoms with Crippen LogP contribution in [0.2, 0.25) is 5.02 Å². The monoisotopic (exact) mass is 253 g/mol. The second-order valence-corrected chi connectivity index (χ2v) is 4.77. The first-order valence-electron chi connectivity index (χ1n) is 5.66. The van der Waals surface area contributed by atoms with E-state index in [0.717, 1.165) is 25.2 Å². The third-order valence-electron chi connectivity index (χ3n) is 3.20. The lowest BCUT2D eigenvalue weighted by Crippen LogP contribution is -2.22. The maximum absolute atomic E-state index is 11.1. The molecule has 1 aliphatic rings. The van der Waals surface area contributed by atoms with Gasteiger partial charge in [0.25, 0.3) is 0 Å². The van der Waals surface area contributed by atoms with E-state index < -0.39 is 5.91 Å². The van der Waals surface area contributed by atoms with Gasteiger partial charge in [-0.2, -0.15) is 0 Å². The Balaban J connectivity index is 2.18. The van der Waals surface area contributed by atoms with Crippen LogP contribution in [-0.4, -0.2) is 25.5 Å². The summed E-state index contributed by atoms with van der Waals surface area (Å²) in [6, 6.07) is 5.35. The molecule has 1 aromatic rings. The number of anilines is 1. The fourth-order valence-corrected chi connectivity index (χ4v) is 2.43. The van der Waals surface area contributed by atoms with Crippen LogP contribution < -0.4 is 16.4 Å². The molecule has 1 unspecified atom stereocenters. The number of nitrogens with two attached hydrogens (primary N) is 2. The number of carbonyl (C=O) groups excluding carboxylic acids is 1. The van der Waals surface area contributed by atoms with E-state index in [4.69, 9.17) is 23.1 Å². The van der Waals surface area contributed by atoms with E-state index in [-0.39, 0.29) is 0 Å². The van der Waals surface area contributed by atoms with E-state index in [2.05, 4.69) is 4.90 Å². The van der Waals surface area contributed by atoms with Crippen molar-refractivity contribution in [2.24, 2.45) is 17.4 Å². The maximum Gasteiger partial charge on any atom is 0.250 e. The van der Waals surface area contributed by atoms with E-state index in [1.807, 2.05) is 6.07 Å². The smallest absolute Gasteiger partial charge is 0.250 e. The molecule has 1 aliphatic heterocycles. The first-order valence-corrected chi connectivity index (χ1v) is 6.04. The molecule has 0 aliphatic carbocycles. The van der Waals surface area contributed by atoms with Crippen LogP contribution in [0.3, 0.4) is 0 Å². The minimum Gasteiger partial charge on any atom is -0.371 e. The first-order chi connectivity index (χ1) is 8.11. The predicted molar refractivity (Wildman–Crippen MR) is 69.3 cm³/mol. The van der Waals surface area contributed by atoms with Gasteiger partial charge in [-0.05, 0) is 37.1 Å². The van der Waals surface area contributed by atoms with Crippen LogP contribution in [0.5, 0.6) is 0 Å². The third kappa shape index (κ3) is 2.53. The molecule has 2 rings (SSSR count). The summed E-state index contributed by atoms with van der Waals surface area (Å²) in [5, 5.41) is 0.409. The van der Waals surface area contributed by atoms with E-state index in [1.165, 1.54) is 0 Å². The molecular weight excluding hydrogens is 238 g/mol. The molecule has 92 valence electrons. The van der Waals surface area contributed by atoms with Crippen LogP contribution in [0.4, 0.5) is 5.69 Å². The number of benzene rings is 1. The molecule has 4 N–H and O–H groups in total. The molecule has 0 saturated carbocycles. The summed E-state index contributed by atoms with van der Waals surface area (Å²) < 4.78 is 0. The second kappa shape index (κ2) is 4.94. The molecule has 0 radical (unpaired) electrons. The fourth-order valence-electron chi connectivity index (χ4n) is 2.16. The highest BCUT2D eigenvalue weighted by Crippen LogP contribution is 2.27. The van der Waals surface area contributed by atoms with Crippen molar-refractivity contribution in [1.29, 1.82) is 0 Å². The highest BCUT2D eigenvalue weighted by Gasteiger charge is 2.22. The van der Waals surface area contributed by atoms with Crippen molar-refractivity contribution < 1.29 is 4.79 Å². The second-order valence-electron chi connectivity index (χ2n) is 4.36. The van der Waals surface area contributed by atoms with Crippen molar-refractivity contribution in [2.75, 3.05) is 24.5 Å². The molecule has 1 aromatic carbocycles. The van der Waals surface area contributed by atoms with Crippen molar-refractivity contribution in [3.05, 3.63) is 28.8 Å². The number of carbonyl (C=O) groups is 1. The molecule has 0 bridgehead atoms. The first kappa shape index (κ1) is 12.2. The Morgan fingerprint density at radius 3 is 2.82 bits per heavy atom. The summed E-state index contributed by atoms with van der Waals surface area (Å²) in [5.41, 5.74) is 12.3. The maximum atomic E-state index is 11.1. The fraction of sp³-hybridized carbons (Fsp3) is 0.417. The van der Waals surface area contributed by atoms with E-state index >= 15 is 0 Å². The average molecular weight is 254 g/mol. The van der Waals surface area contributed by atoms with Crippen LogP contribution >= 0.6 is 11.6 Å². The van der Waals surface area contributed by atoms with Crippen molar-refractivity contribution in [1.82, 2.24) is 0 Å². The molecule has 1 heterocycles. The number of primary amides is 1. The number of rotatable bonds is 3. The molecule has 0 aromatic heterocycles. The lowest BCUT2D eigenvalue weighted by atomic mass is 10.1. The van der Waals surface area contributed by atoms with Crippen molar-refractivity contribution in [3.63, 3.8) is 0 Å². The van der Waals surface area contributed by atoms with E-state index in [0.29, 0.717) is 23.0 Å². The molecule has 4 nitrogen and oxygen atoms in total. The van der Waals surface area contributed by atoms with E-state index in [1.54, 1.807) is 12.1 Å². The van der Waals surface area contributed by atoms with Gasteiger partial charge >= 0.3 is 0 Å². The van der Waals surface area contributed by atoms with E-state index in [9.17, 15) is 4.79 Å². The SMILES string of the molecule is NCC1CCN(c2ccc(C(N)=O)c(Cl)c2)C1. The zero-order valence-electron chi connectivity index (χ0n) is 9.53. The number of hydrogen-bond donors (Lipinski definition) is 2. The Morgan fingerprint density at radius 2 is 2.29 bits per heavy atom. The van der Waals surface area contributed by atoms with Gasteiger partial charge in [-0.3, -0.25) is 4.79 Å². The number of hydrogen-bond acceptors (Lipinski definition) is 3. The summed E-state index contributed by atoms with van der Waals surface area (Å²) in [5.74, 6) is 0.0485. The van der Waals surface area contributed by atoms with Gasteiger partial charge < -0.3 is 16.4 Å². The van der Waals surface area contributed by atoms with Crippen LogP contribution in [0, 0.1) is 5.92 Å². The highest BCUT2D eigenvalue weighted by molar-refractivity contribution is 6.34. The Morgan fingerprint density at radius 1 is 1.53 bits per heavy atom. The van der Waals surface area contributed by atoms with Crippen LogP contribution in [0.1, 0.15) is 16.8 Å². The Labute approximate surface area is 106 Å². The Kier molecular flexibility index (Phi) is 3.54. The molecule has 0 spiro atoms. The third-order valence-corrected chi connectivity index (χ3v) is 3.52. The molecule has 1 atom stereocenters. The van der Waals surface area contributed by atoms with Gasteiger partial charge in [0.05, 0.1) is 10.6 Å². The van der Waals surface area contributed by atoms with Gasteiger partial charge in [-0.15, -0.1) is 0 Å². The van der Waals surface area contributed by atoms with Gasteiger partial charge in [0, 0.05) is 18.8 Å². The van der Waals surface area contributed by atoms with Gasteiger partial charge in [0.2, 0.25) is 5.91 Å². The summed E-state index contributed by atoms with van der Waals surface area (Å²) in [6.07, 6.45) is 1.10. The zero-order valence-corrected chi connectivity index (χ0v) is 10.3. The summed E-state index contributed by atoms with van der Waals surface area (Å²) in [7, 11) is 0. The number of nitrogens with zero attached hydrogens (tertiary/aromatic N) is 1. The molecule has 1 amide bonds. The number of amides is 1. The molecule has 17 heavy (non-hydrogen) atoms. The Bertz CT molecular complexity index is 436. The van der Waals surface area contributed by atoms with Crippen molar-refractivity contribution >= 4 is 23.2 Å². The quantitative estimate of drug-likeness (QED) is 0.851. The van der Waals surface area contributed by atoms with Gasteiger partial charge in [0.15, 0.2) is 0 Å². The van der Waals surface area contributed by atoms with Gasteiger partial charge in [0.1, 0.15) is 0 Å². The van der Waals surface area contributed by atoms with Crippen LogP contribution in [-0.2, 0) is 0 Å². The molecule has 5 heteroatoms. The van der Waals surface area contributed by atoms with Crippen LogP contribution in [0.25, 0.3) is 0 Å².